The van der Waals surface area contributed by atoms with Crippen LogP contribution >= 0.6 is 0 Å². The van der Waals surface area contributed by atoms with Crippen molar-refractivity contribution in [3.8, 4) is 11.1 Å². The summed E-state index contributed by atoms with van der Waals surface area (Å²) in [7, 11) is 0. The lowest BCUT2D eigenvalue weighted by Crippen LogP contribution is -2.27. The van der Waals surface area contributed by atoms with Crippen molar-refractivity contribution in [2.75, 3.05) is 0 Å². The molecular weight excluding hydrogens is 435 g/mol. The third-order valence-corrected chi connectivity index (χ3v) is 5.26. The minimum atomic E-state index is -1.04. The van der Waals surface area contributed by atoms with E-state index in [2.05, 4.69) is 23.4 Å². The number of benzene rings is 1. The molecule has 2 N–H and O–H groups in total. The van der Waals surface area contributed by atoms with E-state index in [0.29, 0.717) is 0 Å². The average molecular weight is 469 g/mol. The first-order valence-electron chi connectivity index (χ1n) is 11.5. The summed E-state index contributed by atoms with van der Waals surface area (Å²) >= 11 is 0. The van der Waals surface area contributed by atoms with Crippen LogP contribution < -0.4 is 0 Å². The Morgan fingerprint density at radius 2 is 1.85 bits per heavy atom. The molecule has 0 aliphatic carbocycles. The minimum absolute atomic E-state index is 0.0121. The topological polar surface area (TPSA) is 84.6 Å². The predicted octanol–water partition coefficient (Wildman–Crippen LogP) is 5.28. The fraction of sp³-hybridized carbons (Fsp3) is 0.407. The maximum absolute atomic E-state index is 13.6. The van der Waals surface area contributed by atoms with Crippen LogP contribution in [0.3, 0.4) is 0 Å². The molecule has 2 heterocycles. The molecule has 0 aliphatic heterocycles. The van der Waals surface area contributed by atoms with Gasteiger partial charge in [0.25, 0.3) is 0 Å². The van der Waals surface area contributed by atoms with Crippen LogP contribution in [0.15, 0.2) is 48.7 Å². The SMILES string of the molecule is CC(C)n1c(/C=C/C(O)CC(O)CC(=O)OC(C)(C)C)c(-c2ccc(F)cc2)c2ncccc21. The molecule has 3 rings (SSSR count). The highest BCUT2D eigenvalue weighted by Crippen LogP contribution is 2.36. The van der Waals surface area contributed by atoms with Crippen molar-refractivity contribution in [2.45, 2.75) is 71.3 Å². The number of aliphatic hydroxyl groups excluding tert-OH is 2. The molecular formula is C27H33FN2O4. The van der Waals surface area contributed by atoms with E-state index in [1.807, 2.05) is 12.1 Å². The van der Waals surface area contributed by atoms with Crippen LogP contribution in [-0.2, 0) is 9.53 Å². The summed E-state index contributed by atoms with van der Waals surface area (Å²) in [5.41, 5.74) is 3.53. The smallest absolute Gasteiger partial charge is 0.308 e. The number of halogens is 1. The summed E-state index contributed by atoms with van der Waals surface area (Å²) in [6, 6.07) is 10.2. The molecule has 1 aromatic carbocycles. The molecule has 0 radical (unpaired) electrons. The number of carbonyl (C=O) groups excluding carboxylic acids is 1. The second-order valence-corrected chi connectivity index (χ2v) is 9.71. The Hall–Kier alpha value is -3.03. The molecule has 2 unspecified atom stereocenters. The summed E-state index contributed by atoms with van der Waals surface area (Å²) in [5.74, 6) is -0.837. The zero-order chi connectivity index (χ0) is 25.0. The van der Waals surface area contributed by atoms with Gasteiger partial charge in [-0.1, -0.05) is 18.2 Å². The van der Waals surface area contributed by atoms with Crippen molar-refractivity contribution < 1.29 is 24.1 Å². The first-order valence-corrected chi connectivity index (χ1v) is 11.5. The molecule has 0 aliphatic rings. The van der Waals surface area contributed by atoms with Gasteiger partial charge < -0.3 is 19.5 Å². The first kappa shape index (κ1) is 25.6. The van der Waals surface area contributed by atoms with Crippen LogP contribution in [0.4, 0.5) is 4.39 Å². The molecule has 182 valence electrons. The van der Waals surface area contributed by atoms with Crippen LogP contribution in [0, 0.1) is 5.82 Å². The van der Waals surface area contributed by atoms with E-state index in [0.717, 1.165) is 27.9 Å². The summed E-state index contributed by atoms with van der Waals surface area (Å²) in [6.45, 7) is 9.39. The van der Waals surface area contributed by atoms with E-state index in [4.69, 9.17) is 4.74 Å². The zero-order valence-electron chi connectivity index (χ0n) is 20.3. The number of nitrogens with zero attached hydrogens (tertiary/aromatic N) is 2. The summed E-state index contributed by atoms with van der Waals surface area (Å²) in [5, 5.41) is 20.8. The number of esters is 1. The fourth-order valence-corrected chi connectivity index (χ4v) is 3.99. The average Bonchev–Trinajstić information content (AvgIpc) is 3.05. The molecule has 2 aromatic heterocycles. The first-order chi connectivity index (χ1) is 16.0. The van der Waals surface area contributed by atoms with Crippen LogP contribution in [-0.4, -0.2) is 43.5 Å². The van der Waals surface area contributed by atoms with Crippen LogP contribution in [0.25, 0.3) is 28.2 Å². The maximum Gasteiger partial charge on any atom is 0.308 e. The quantitative estimate of drug-likeness (QED) is 0.440. The Kier molecular flexibility index (Phi) is 7.89. The number of hydrogen-bond donors (Lipinski definition) is 2. The van der Waals surface area contributed by atoms with E-state index in [-0.39, 0.29) is 24.7 Å². The van der Waals surface area contributed by atoms with Gasteiger partial charge in [-0.15, -0.1) is 0 Å². The fourth-order valence-electron chi connectivity index (χ4n) is 3.99. The standard InChI is InChI=1S/C27H33FN2O4/c1-17(2)30-22(13-12-20(31)15-21(32)16-24(33)34-27(3,4)5)25(18-8-10-19(28)11-9-18)26-23(30)7-6-14-29-26/h6-14,17,20-21,31-32H,15-16H2,1-5H3/b13-12+. The van der Waals surface area contributed by atoms with Crippen LogP contribution in [0.2, 0.25) is 0 Å². The van der Waals surface area contributed by atoms with Gasteiger partial charge in [0.15, 0.2) is 0 Å². The summed E-state index contributed by atoms with van der Waals surface area (Å²) in [6.07, 6.45) is 2.88. The van der Waals surface area contributed by atoms with Gasteiger partial charge >= 0.3 is 5.97 Å². The maximum atomic E-state index is 13.6. The van der Waals surface area contributed by atoms with Crippen molar-refractivity contribution in [2.24, 2.45) is 0 Å². The molecule has 34 heavy (non-hydrogen) atoms. The number of fused-ring (bicyclic) bond motifs is 1. The molecule has 0 saturated heterocycles. The van der Waals surface area contributed by atoms with Crippen molar-refractivity contribution in [3.05, 3.63) is 60.2 Å². The molecule has 2 atom stereocenters. The highest BCUT2D eigenvalue weighted by atomic mass is 19.1. The molecule has 0 saturated carbocycles. The summed E-state index contributed by atoms with van der Waals surface area (Å²) < 4.78 is 20.9. The molecule has 0 amide bonds. The lowest BCUT2D eigenvalue weighted by molar-refractivity contribution is -0.157. The van der Waals surface area contributed by atoms with Crippen LogP contribution in [0.1, 0.15) is 59.2 Å². The van der Waals surface area contributed by atoms with Gasteiger partial charge in [-0.05, 0) is 70.5 Å². The largest absolute Gasteiger partial charge is 0.460 e. The second kappa shape index (κ2) is 10.5. The highest BCUT2D eigenvalue weighted by Gasteiger charge is 2.22. The normalized spacial score (nSPS) is 14.1. The molecule has 6 nitrogen and oxygen atoms in total. The Morgan fingerprint density at radius 1 is 1.18 bits per heavy atom. The van der Waals surface area contributed by atoms with E-state index in [1.165, 1.54) is 12.1 Å². The van der Waals surface area contributed by atoms with Gasteiger partial charge in [-0.3, -0.25) is 9.78 Å². The number of ether oxygens (including phenoxy) is 1. The number of aromatic nitrogens is 2. The number of hydrogen-bond acceptors (Lipinski definition) is 5. The van der Waals surface area contributed by atoms with Crippen LogP contribution in [0.5, 0.6) is 0 Å². The minimum Gasteiger partial charge on any atom is -0.460 e. The van der Waals surface area contributed by atoms with Crippen molar-refractivity contribution in [1.29, 1.82) is 0 Å². The molecule has 7 heteroatoms. The Bertz CT molecular complexity index is 1160. The molecule has 3 aromatic rings. The zero-order valence-corrected chi connectivity index (χ0v) is 20.3. The van der Waals surface area contributed by atoms with E-state index >= 15 is 0 Å². The second-order valence-electron chi connectivity index (χ2n) is 9.71. The monoisotopic (exact) mass is 468 g/mol. The number of carbonyl (C=O) groups is 1. The molecule has 0 fully saturated rings. The van der Waals surface area contributed by atoms with Gasteiger partial charge in [-0.25, -0.2) is 4.39 Å². The van der Waals surface area contributed by atoms with E-state index in [9.17, 15) is 19.4 Å². The number of rotatable bonds is 8. The van der Waals surface area contributed by atoms with E-state index in [1.54, 1.807) is 51.3 Å². The lowest BCUT2D eigenvalue weighted by Gasteiger charge is -2.21. The van der Waals surface area contributed by atoms with Crippen molar-refractivity contribution >= 4 is 23.1 Å². The van der Waals surface area contributed by atoms with Gasteiger partial charge in [0, 0.05) is 24.2 Å². The lowest BCUT2D eigenvalue weighted by atomic mass is 10.0. The Morgan fingerprint density at radius 3 is 2.47 bits per heavy atom. The third-order valence-electron chi connectivity index (χ3n) is 5.26. The molecule has 0 spiro atoms. The van der Waals surface area contributed by atoms with Gasteiger partial charge in [0.1, 0.15) is 11.4 Å². The van der Waals surface area contributed by atoms with Crippen molar-refractivity contribution in [3.63, 3.8) is 0 Å². The Labute approximate surface area is 199 Å². The summed E-state index contributed by atoms with van der Waals surface area (Å²) in [4.78, 5) is 16.5. The van der Waals surface area contributed by atoms with E-state index < -0.39 is 23.8 Å². The molecule has 0 bridgehead atoms. The van der Waals surface area contributed by atoms with Crippen molar-refractivity contribution in [1.82, 2.24) is 9.55 Å². The number of aliphatic hydroxyl groups is 2. The highest BCUT2D eigenvalue weighted by molar-refractivity contribution is 5.98. The predicted molar refractivity (Wildman–Crippen MR) is 132 cm³/mol. The number of pyridine rings is 1. The third kappa shape index (κ3) is 6.30. The van der Waals surface area contributed by atoms with Gasteiger partial charge in [0.05, 0.1) is 35.4 Å². The van der Waals surface area contributed by atoms with Gasteiger partial charge in [-0.2, -0.15) is 0 Å². The Balaban J connectivity index is 1.91. The van der Waals surface area contributed by atoms with Gasteiger partial charge in [0.2, 0.25) is 0 Å².